The minimum Gasteiger partial charge on any atom is -0.397 e. The highest BCUT2D eigenvalue weighted by Gasteiger charge is 2.17. The molecule has 7 nitrogen and oxygen atoms in total. The van der Waals surface area contributed by atoms with E-state index in [9.17, 15) is 5.26 Å². The standard InChI is InChI=1S/C15H14IN7S/c1-8(2)21-15-20-5-9(4-17)13(22-15)12-7-23(24-16)14-11(12)3-10(18)6-19-14/h3,5-8H,18H2,1-2H3,(H,20,21,22). The second-order valence-corrected chi connectivity index (χ2v) is 7.16. The SMILES string of the molecule is CC(C)Nc1ncc(C#N)c(-c2cn(SI)c3ncc(N)cc23)n1. The molecule has 0 atom stereocenters. The predicted molar refractivity (Wildman–Crippen MR) is 106 cm³/mol. The Kier molecular flexibility index (Phi) is 4.77. The van der Waals surface area contributed by atoms with Crippen molar-refractivity contribution in [3.05, 3.63) is 30.2 Å². The van der Waals surface area contributed by atoms with Crippen LogP contribution in [0.1, 0.15) is 19.4 Å². The van der Waals surface area contributed by atoms with Gasteiger partial charge in [0.2, 0.25) is 5.95 Å². The van der Waals surface area contributed by atoms with Gasteiger partial charge in [0.15, 0.2) is 5.65 Å². The third kappa shape index (κ3) is 3.11. The molecule has 0 unspecified atom stereocenters. The second-order valence-electron chi connectivity index (χ2n) is 5.44. The number of nitrogens with two attached hydrogens (primary N) is 1. The molecule has 3 aromatic heterocycles. The number of hydrogen-bond donors (Lipinski definition) is 2. The van der Waals surface area contributed by atoms with Crippen molar-refractivity contribution < 1.29 is 0 Å². The summed E-state index contributed by atoms with van der Waals surface area (Å²) >= 11 is 2.18. The summed E-state index contributed by atoms with van der Waals surface area (Å²) in [6, 6.07) is 4.20. The number of nitrogen functional groups attached to an aromatic ring is 1. The van der Waals surface area contributed by atoms with Gasteiger partial charge in [0.25, 0.3) is 0 Å². The summed E-state index contributed by atoms with van der Waals surface area (Å²) in [4.78, 5) is 13.1. The lowest BCUT2D eigenvalue weighted by Gasteiger charge is -2.10. The van der Waals surface area contributed by atoms with Crippen LogP contribution in [0.4, 0.5) is 11.6 Å². The third-order valence-corrected chi connectivity index (χ3v) is 4.99. The Bertz CT molecular complexity index is 945. The Hall–Kier alpha value is -2.06. The van der Waals surface area contributed by atoms with Gasteiger partial charge in [-0.15, -0.1) is 0 Å². The molecule has 3 aromatic rings. The van der Waals surface area contributed by atoms with Crippen LogP contribution in [0, 0.1) is 11.3 Å². The maximum atomic E-state index is 9.44. The van der Waals surface area contributed by atoms with Gasteiger partial charge in [-0.3, -0.25) is 3.97 Å². The summed E-state index contributed by atoms with van der Waals surface area (Å²) in [5.41, 5.74) is 9.02. The fourth-order valence-electron chi connectivity index (χ4n) is 2.33. The number of aromatic nitrogens is 4. The molecule has 0 aromatic carbocycles. The van der Waals surface area contributed by atoms with Gasteiger partial charge in [-0.1, -0.05) is 0 Å². The van der Waals surface area contributed by atoms with Gasteiger partial charge >= 0.3 is 0 Å². The molecule has 0 saturated heterocycles. The van der Waals surface area contributed by atoms with Crippen molar-refractivity contribution in [3.8, 4) is 17.3 Å². The van der Waals surface area contributed by atoms with E-state index in [0.29, 0.717) is 22.9 Å². The van der Waals surface area contributed by atoms with Crippen molar-refractivity contribution in [1.82, 2.24) is 18.9 Å². The van der Waals surface area contributed by atoms with Gasteiger partial charge in [-0.25, -0.2) is 15.0 Å². The number of halogens is 1. The van der Waals surface area contributed by atoms with Crippen molar-refractivity contribution in [1.29, 1.82) is 5.26 Å². The smallest absolute Gasteiger partial charge is 0.223 e. The third-order valence-electron chi connectivity index (χ3n) is 3.29. The summed E-state index contributed by atoms with van der Waals surface area (Å²) in [5, 5.41) is 13.5. The lowest BCUT2D eigenvalue weighted by atomic mass is 10.1. The lowest BCUT2D eigenvalue weighted by molar-refractivity contribution is 0.874. The van der Waals surface area contributed by atoms with Gasteiger partial charge in [0, 0.05) is 53.5 Å². The highest BCUT2D eigenvalue weighted by molar-refractivity contribution is 14.2. The van der Waals surface area contributed by atoms with Gasteiger partial charge in [0.05, 0.1) is 29.3 Å². The van der Waals surface area contributed by atoms with E-state index in [1.165, 1.54) is 15.3 Å². The Balaban J connectivity index is 2.26. The zero-order valence-corrected chi connectivity index (χ0v) is 16.0. The second kappa shape index (κ2) is 6.82. The molecule has 0 amide bonds. The average molecular weight is 451 g/mol. The maximum absolute atomic E-state index is 9.44. The Labute approximate surface area is 155 Å². The van der Waals surface area contributed by atoms with Crippen LogP contribution < -0.4 is 11.1 Å². The molecule has 24 heavy (non-hydrogen) atoms. The number of rotatable bonds is 4. The summed E-state index contributed by atoms with van der Waals surface area (Å²) < 4.78 is 1.92. The summed E-state index contributed by atoms with van der Waals surface area (Å²) in [6.07, 6.45) is 5.07. The Morgan fingerprint density at radius 1 is 1.38 bits per heavy atom. The zero-order valence-electron chi connectivity index (χ0n) is 13.0. The van der Waals surface area contributed by atoms with Crippen LogP contribution in [-0.4, -0.2) is 25.0 Å². The molecule has 9 heteroatoms. The quantitative estimate of drug-likeness (QED) is 0.584. The molecule has 0 spiro atoms. The van der Waals surface area contributed by atoms with Gasteiger partial charge in [-0.05, 0) is 19.9 Å². The summed E-state index contributed by atoms with van der Waals surface area (Å²) in [6.45, 7) is 4.01. The first-order valence-electron chi connectivity index (χ1n) is 7.13. The lowest BCUT2D eigenvalue weighted by Crippen LogP contribution is -2.13. The van der Waals surface area contributed by atoms with E-state index in [4.69, 9.17) is 5.73 Å². The molecule has 0 saturated carbocycles. The fraction of sp³-hybridized carbons (Fsp3) is 0.200. The number of nitrogens with zero attached hydrogens (tertiary/aromatic N) is 5. The predicted octanol–water partition coefficient (Wildman–Crippen LogP) is 3.61. The number of nitriles is 1. The number of pyridine rings is 1. The molecule has 0 bridgehead atoms. The summed E-state index contributed by atoms with van der Waals surface area (Å²) in [5.74, 6) is 0.485. The highest BCUT2D eigenvalue weighted by Crippen LogP contribution is 2.35. The van der Waals surface area contributed by atoms with Crippen LogP contribution in [-0.2, 0) is 0 Å². The topological polar surface area (TPSA) is 105 Å². The van der Waals surface area contributed by atoms with Crippen LogP contribution in [0.3, 0.4) is 0 Å². The molecule has 3 N–H and O–H groups in total. The highest BCUT2D eigenvalue weighted by atomic mass is 127. The molecule has 0 aliphatic carbocycles. The first-order valence-corrected chi connectivity index (χ1v) is 10.4. The van der Waals surface area contributed by atoms with Crippen molar-refractivity contribution in [2.45, 2.75) is 19.9 Å². The van der Waals surface area contributed by atoms with Gasteiger partial charge in [0.1, 0.15) is 6.07 Å². The maximum Gasteiger partial charge on any atom is 0.223 e. The average Bonchev–Trinajstić information content (AvgIpc) is 2.92. The van der Waals surface area contributed by atoms with Gasteiger partial charge in [-0.2, -0.15) is 5.26 Å². The summed E-state index contributed by atoms with van der Waals surface area (Å²) in [7, 11) is 1.49. The molecular formula is C15H14IN7S. The minimum atomic E-state index is 0.189. The van der Waals surface area contributed by atoms with Crippen LogP contribution in [0.5, 0.6) is 0 Å². The van der Waals surface area contributed by atoms with Crippen LogP contribution in [0.15, 0.2) is 24.7 Å². The minimum absolute atomic E-state index is 0.189. The van der Waals surface area contributed by atoms with Crippen LogP contribution in [0.2, 0.25) is 0 Å². The molecule has 3 rings (SSSR count). The molecule has 3 heterocycles. The molecule has 0 aliphatic heterocycles. The van der Waals surface area contributed by atoms with Gasteiger partial charge < -0.3 is 11.1 Å². The van der Waals surface area contributed by atoms with Crippen molar-refractivity contribution in [2.75, 3.05) is 11.1 Å². The molecule has 0 aliphatic rings. The Morgan fingerprint density at radius 2 is 2.17 bits per heavy atom. The van der Waals surface area contributed by atoms with E-state index in [2.05, 4.69) is 47.5 Å². The van der Waals surface area contributed by atoms with E-state index in [0.717, 1.165) is 16.6 Å². The van der Waals surface area contributed by atoms with Crippen LogP contribution >= 0.6 is 30.3 Å². The van der Waals surface area contributed by atoms with Crippen molar-refractivity contribution >= 4 is 53.0 Å². The van der Waals surface area contributed by atoms with Crippen molar-refractivity contribution in [2.24, 2.45) is 0 Å². The first kappa shape index (κ1) is 16.8. The van der Waals surface area contributed by atoms with E-state index < -0.39 is 0 Å². The normalized spacial score (nSPS) is 11.0. The van der Waals surface area contributed by atoms with Crippen molar-refractivity contribution in [3.63, 3.8) is 0 Å². The largest absolute Gasteiger partial charge is 0.397 e. The Morgan fingerprint density at radius 3 is 2.83 bits per heavy atom. The van der Waals surface area contributed by atoms with E-state index in [1.807, 2.05) is 30.1 Å². The monoisotopic (exact) mass is 451 g/mol. The number of nitrogens with one attached hydrogen (secondary N) is 1. The first-order chi connectivity index (χ1) is 11.5. The molecule has 0 radical (unpaired) electrons. The molecular weight excluding hydrogens is 437 g/mol. The van der Waals surface area contributed by atoms with E-state index >= 15 is 0 Å². The zero-order chi connectivity index (χ0) is 17.3. The number of fused-ring (bicyclic) bond motifs is 1. The number of anilines is 2. The van der Waals surface area contributed by atoms with E-state index in [-0.39, 0.29) is 6.04 Å². The fourth-order valence-corrected chi connectivity index (χ4v) is 3.59. The number of hydrogen-bond acceptors (Lipinski definition) is 7. The van der Waals surface area contributed by atoms with Crippen LogP contribution in [0.25, 0.3) is 22.3 Å². The molecule has 0 fully saturated rings. The van der Waals surface area contributed by atoms with E-state index in [1.54, 1.807) is 6.20 Å². The molecule has 122 valence electrons.